The molecule has 1 aromatic heterocycles. The molecule has 4 nitrogen and oxygen atoms in total. The van der Waals surface area contributed by atoms with Gasteiger partial charge in [-0.3, -0.25) is 0 Å². The van der Waals surface area contributed by atoms with Crippen LogP contribution in [-0.4, -0.2) is 0 Å². The van der Waals surface area contributed by atoms with Crippen molar-refractivity contribution in [2.45, 2.75) is 6.92 Å². The summed E-state index contributed by atoms with van der Waals surface area (Å²) in [5.41, 5.74) is 0.777. The predicted octanol–water partition coefficient (Wildman–Crippen LogP) is 0.735. The number of nitrogens with zero attached hydrogens (tertiary/aromatic N) is 1. The number of hydrogen-bond acceptors (Lipinski definition) is 3. The summed E-state index contributed by atoms with van der Waals surface area (Å²) in [6.45, 7) is 1.85. The molecule has 0 N–H and O–H groups in total. The number of hydrogen-bond donors (Lipinski definition) is 0. The molecule has 0 aliphatic heterocycles. The van der Waals surface area contributed by atoms with Gasteiger partial charge in [-0.15, -0.1) is 4.73 Å². The number of rotatable bonds is 0. The van der Waals surface area contributed by atoms with Crippen LogP contribution in [0.2, 0.25) is 0 Å². The third-order valence-corrected chi connectivity index (χ3v) is 1.86. The first kappa shape index (κ1) is 7.79. The molecule has 2 aromatic rings. The fraction of sp³-hybridized carbons (Fsp3) is 0.111. The normalized spacial score (nSPS) is 10.5. The third kappa shape index (κ3) is 1.16. The molecule has 0 amide bonds. The van der Waals surface area contributed by atoms with Gasteiger partial charge in [0.05, 0.1) is 0 Å². The maximum absolute atomic E-state index is 11.2. The van der Waals surface area contributed by atoms with Crippen LogP contribution < -0.4 is 10.4 Å². The molecule has 0 aliphatic carbocycles. The third-order valence-electron chi connectivity index (χ3n) is 1.86. The van der Waals surface area contributed by atoms with Crippen molar-refractivity contribution in [3.05, 3.63) is 45.8 Å². The van der Waals surface area contributed by atoms with Gasteiger partial charge in [0, 0.05) is 6.07 Å². The van der Waals surface area contributed by atoms with Crippen LogP contribution in [-0.2, 0) is 0 Å². The molecule has 2 rings (SSSR count). The van der Waals surface area contributed by atoms with E-state index in [1.807, 2.05) is 6.92 Å². The van der Waals surface area contributed by atoms with Gasteiger partial charge < -0.3 is 9.62 Å². The number of fused-ring (bicyclic) bond motifs is 1. The number of aromatic nitrogens is 1. The van der Waals surface area contributed by atoms with Gasteiger partial charge in [0.2, 0.25) is 5.52 Å². The topological polar surface area (TPSA) is 57.2 Å². The minimum Gasteiger partial charge on any atom is -0.616 e. The van der Waals surface area contributed by atoms with E-state index in [4.69, 9.17) is 0 Å². The van der Waals surface area contributed by atoms with Gasteiger partial charge in [-0.25, -0.2) is 4.79 Å². The minimum absolute atomic E-state index is 0.317. The van der Waals surface area contributed by atoms with E-state index in [9.17, 15) is 10.0 Å². The SMILES string of the molecule is Cc1ccc2c(c1)c(=O)oc[n+]2[O-]. The highest BCUT2D eigenvalue weighted by molar-refractivity contribution is 5.74. The second-order valence-corrected chi connectivity index (χ2v) is 2.86. The van der Waals surface area contributed by atoms with Gasteiger partial charge in [0.1, 0.15) is 5.39 Å². The zero-order valence-electron chi connectivity index (χ0n) is 6.98. The molecular weight excluding hydrogens is 170 g/mol. The van der Waals surface area contributed by atoms with Crippen LogP contribution in [0.25, 0.3) is 10.9 Å². The van der Waals surface area contributed by atoms with Crippen molar-refractivity contribution in [3.8, 4) is 0 Å². The Morgan fingerprint density at radius 3 is 3.00 bits per heavy atom. The van der Waals surface area contributed by atoms with E-state index in [2.05, 4.69) is 4.42 Å². The molecule has 0 atom stereocenters. The minimum atomic E-state index is -0.481. The first-order valence-electron chi connectivity index (χ1n) is 3.80. The van der Waals surface area contributed by atoms with Crippen LogP contribution in [0.15, 0.2) is 33.8 Å². The molecule has 0 saturated carbocycles. The Labute approximate surface area is 73.6 Å². The van der Waals surface area contributed by atoms with E-state index >= 15 is 0 Å². The zero-order valence-corrected chi connectivity index (χ0v) is 6.98. The lowest BCUT2D eigenvalue weighted by molar-refractivity contribution is -0.589. The lowest BCUT2D eigenvalue weighted by atomic mass is 10.2. The molecule has 0 fully saturated rings. The first-order valence-corrected chi connectivity index (χ1v) is 3.80. The second kappa shape index (κ2) is 2.58. The van der Waals surface area contributed by atoms with Crippen molar-refractivity contribution < 1.29 is 9.15 Å². The Bertz CT molecular complexity index is 516. The van der Waals surface area contributed by atoms with E-state index in [0.29, 0.717) is 15.6 Å². The van der Waals surface area contributed by atoms with Gasteiger partial charge in [0.25, 0.3) is 0 Å². The van der Waals surface area contributed by atoms with Gasteiger partial charge in [-0.1, -0.05) is 6.07 Å². The molecule has 13 heavy (non-hydrogen) atoms. The maximum atomic E-state index is 11.2. The Balaban J connectivity index is 3.01. The van der Waals surface area contributed by atoms with Crippen molar-refractivity contribution in [1.82, 2.24) is 0 Å². The van der Waals surface area contributed by atoms with Crippen LogP contribution in [0.4, 0.5) is 0 Å². The highest BCUT2D eigenvalue weighted by Crippen LogP contribution is 2.06. The zero-order chi connectivity index (χ0) is 9.42. The van der Waals surface area contributed by atoms with E-state index in [-0.39, 0.29) is 0 Å². The summed E-state index contributed by atoms with van der Waals surface area (Å²) in [7, 11) is 0. The summed E-state index contributed by atoms with van der Waals surface area (Å²) in [5.74, 6) is 0. The lowest BCUT2D eigenvalue weighted by Crippen LogP contribution is -2.28. The van der Waals surface area contributed by atoms with E-state index in [0.717, 1.165) is 12.0 Å². The molecule has 0 spiro atoms. The number of benzene rings is 1. The van der Waals surface area contributed by atoms with E-state index in [1.54, 1.807) is 18.2 Å². The molecule has 0 unspecified atom stereocenters. The van der Waals surface area contributed by atoms with Crippen molar-refractivity contribution in [1.29, 1.82) is 0 Å². The standard InChI is InChI=1S/C9H7NO3/c1-6-2-3-8-7(4-6)9(11)13-5-10(8)12/h2-5H,1H3. The molecule has 4 heteroatoms. The predicted molar refractivity (Wildman–Crippen MR) is 46.2 cm³/mol. The smallest absolute Gasteiger partial charge is 0.354 e. The van der Waals surface area contributed by atoms with Crippen molar-refractivity contribution in [3.63, 3.8) is 0 Å². The van der Waals surface area contributed by atoms with E-state index < -0.39 is 5.63 Å². The van der Waals surface area contributed by atoms with Crippen LogP contribution in [0.5, 0.6) is 0 Å². The molecule has 0 saturated heterocycles. The molecule has 66 valence electrons. The number of aryl methyl sites for hydroxylation is 1. The van der Waals surface area contributed by atoms with Crippen molar-refractivity contribution in [2.24, 2.45) is 0 Å². The largest absolute Gasteiger partial charge is 0.616 e. The summed E-state index contributed by atoms with van der Waals surface area (Å²) in [5, 5.41) is 11.4. The molecule has 1 heterocycles. The summed E-state index contributed by atoms with van der Waals surface area (Å²) in [6, 6.07) is 5.01. The first-order chi connectivity index (χ1) is 6.18. The Hall–Kier alpha value is -1.84. The summed E-state index contributed by atoms with van der Waals surface area (Å²) in [6.07, 6.45) is 0.861. The molecule has 0 bridgehead atoms. The average Bonchev–Trinajstić information content (AvgIpc) is 2.12. The molecular formula is C9H7NO3. The van der Waals surface area contributed by atoms with Gasteiger partial charge in [-0.2, -0.15) is 0 Å². The molecule has 0 aliphatic rings. The lowest BCUT2D eigenvalue weighted by Gasteiger charge is -1.98. The van der Waals surface area contributed by atoms with Crippen LogP contribution in [0, 0.1) is 12.1 Å². The van der Waals surface area contributed by atoms with Crippen LogP contribution >= 0.6 is 0 Å². The quantitative estimate of drug-likeness (QED) is 0.440. The maximum Gasteiger partial charge on any atom is 0.354 e. The average molecular weight is 177 g/mol. The second-order valence-electron chi connectivity index (χ2n) is 2.86. The molecule has 0 radical (unpaired) electrons. The van der Waals surface area contributed by atoms with E-state index in [1.165, 1.54) is 0 Å². The van der Waals surface area contributed by atoms with Gasteiger partial charge in [-0.05, 0) is 18.6 Å². The van der Waals surface area contributed by atoms with Crippen molar-refractivity contribution >= 4 is 10.9 Å². The fourth-order valence-corrected chi connectivity index (χ4v) is 1.22. The fourth-order valence-electron chi connectivity index (χ4n) is 1.22. The van der Waals surface area contributed by atoms with Gasteiger partial charge >= 0.3 is 12.0 Å². The monoisotopic (exact) mass is 177 g/mol. The van der Waals surface area contributed by atoms with Crippen LogP contribution in [0.1, 0.15) is 5.56 Å². The molecule has 1 aromatic carbocycles. The highest BCUT2D eigenvalue weighted by atomic mass is 16.5. The summed E-state index contributed by atoms with van der Waals surface area (Å²) in [4.78, 5) is 11.2. The Morgan fingerprint density at radius 2 is 2.23 bits per heavy atom. The summed E-state index contributed by atoms with van der Waals surface area (Å²) < 4.78 is 5.06. The van der Waals surface area contributed by atoms with Crippen molar-refractivity contribution in [2.75, 3.05) is 0 Å². The Kier molecular flexibility index (Phi) is 1.55. The summed E-state index contributed by atoms with van der Waals surface area (Å²) >= 11 is 0. The Morgan fingerprint density at radius 1 is 1.46 bits per heavy atom. The highest BCUT2D eigenvalue weighted by Gasteiger charge is 2.07. The van der Waals surface area contributed by atoms with Gasteiger partial charge in [0.15, 0.2) is 0 Å². The van der Waals surface area contributed by atoms with Crippen LogP contribution in [0.3, 0.4) is 0 Å².